The maximum absolute atomic E-state index is 12.0. The molecule has 0 saturated carbocycles. The van der Waals surface area contributed by atoms with Crippen molar-refractivity contribution in [1.82, 2.24) is 0 Å². The van der Waals surface area contributed by atoms with Gasteiger partial charge in [0.25, 0.3) is 5.78 Å². The molecule has 0 heterocycles. The van der Waals surface area contributed by atoms with Crippen LogP contribution in [0.15, 0.2) is 29.2 Å². The molecule has 0 aromatic heterocycles. The fourth-order valence-corrected chi connectivity index (χ4v) is 2.82. The molecule has 104 valence electrons. The Balaban J connectivity index is 2.74. The lowest BCUT2D eigenvalue weighted by atomic mass is 10.2. The molecule has 0 aliphatic rings. The van der Waals surface area contributed by atoms with E-state index in [1.165, 1.54) is 11.8 Å². The van der Waals surface area contributed by atoms with E-state index < -0.39 is 17.0 Å². The number of ketones is 1. The standard InChI is InChI=1S/C14H17ClO3S/c1-3-5-12(13(16)14(17)18-4-2)19-11-8-6-10(15)7-9-11/h6-9,12H,3-5H2,1-2H3. The molecule has 1 unspecified atom stereocenters. The molecule has 0 fully saturated rings. The molecule has 0 spiro atoms. The molecule has 0 aliphatic heterocycles. The van der Waals surface area contributed by atoms with Crippen LogP contribution in [0.4, 0.5) is 0 Å². The van der Waals surface area contributed by atoms with Crippen LogP contribution in [0.3, 0.4) is 0 Å². The van der Waals surface area contributed by atoms with Crippen molar-refractivity contribution in [2.45, 2.75) is 36.8 Å². The number of halogens is 1. The third kappa shape index (κ3) is 5.25. The molecule has 19 heavy (non-hydrogen) atoms. The third-order valence-corrected chi connectivity index (χ3v) is 3.94. The summed E-state index contributed by atoms with van der Waals surface area (Å²) in [6, 6.07) is 7.21. The van der Waals surface area contributed by atoms with Gasteiger partial charge < -0.3 is 4.74 Å². The number of Topliss-reactive ketones (excluding diaryl/α,β-unsaturated/α-hetero) is 1. The average molecular weight is 301 g/mol. The van der Waals surface area contributed by atoms with Crippen molar-refractivity contribution in [3.8, 4) is 0 Å². The van der Waals surface area contributed by atoms with E-state index in [1.54, 1.807) is 19.1 Å². The van der Waals surface area contributed by atoms with Crippen LogP contribution in [0.5, 0.6) is 0 Å². The summed E-state index contributed by atoms with van der Waals surface area (Å²) in [4.78, 5) is 24.4. The predicted octanol–water partition coefficient (Wildman–Crippen LogP) is 3.73. The highest BCUT2D eigenvalue weighted by molar-refractivity contribution is 8.00. The molecular formula is C14H17ClO3S. The largest absolute Gasteiger partial charge is 0.460 e. The summed E-state index contributed by atoms with van der Waals surface area (Å²) in [5.74, 6) is -1.22. The van der Waals surface area contributed by atoms with Crippen LogP contribution >= 0.6 is 23.4 Å². The number of carbonyl (C=O) groups is 2. The fourth-order valence-electron chi connectivity index (χ4n) is 1.52. The third-order valence-electron chi connectivity index (χ3n) is 2.41. The minimum absolute atomic E-state index is 0.217. The summed E-state index contributed by atoms with van der Waals surface area (Å²) in [6.07, 6.45) is 1.47. The highest BCUT2D eigenvalue weighted by Crippen LogP contribution is 2.28. The Morgan fingerprint density at radius 2 is 1.89 bits per heavy atom. The smallest absolute Gasteiger partial charge is 0.375 e. The van der Waals surface area contributed by atoms with E-state index in [2.05, 4.69) is 0 Å². The first-order valence-corrected chi connectivity index (χ1v) is 7.47. The summed E-state index contributed by atoms with van der Waals surface area (Å²) in [5.41, 5.74) is 0. The number of thioether (sulfide) groups is 1. The van der Waals surface area contributed by atoms with Gasteiger partial charge >= 0.3 is 5.97 Å². The van der Waals surface area contributed by atoms with Crippen LogP contribution in [0.2, 0.25) is 5.02 Å². The zero-order valence-corrected chi connectivity index (χ0v) is 12.6. The van der Waals surface area contributed by atoms with Crippen LogP contribution in [0, 0.1) is 0 Å². The molecule has 3 nitrogen and oxygen atoms in total. The molecular weight excluding hydrogens is 284 g/mol. The first-order valence-electron chi connectivity index (χ1n) is 6.21. The summed E-state index contributed by atoms with van der Waals surface area (Å²) in [6.45, 7) is 3.88. The molecule has 0 saturated heterocycles. The lowest BCUT2D eigenvalue weighted by Gasteiger charge is -2.13. The molecule has 1 aromatic rings. The first-order chi connectivity index (χ1) is 9.08. The number of carbonyl (C=O) groups excluding carboxylic acids is 2. The SMILES string of the molecule is CCCC(Sc1ccc(Cl)cc1)C(=O)C(=O)OCC. The lowest BCUT2D eigenvalue weighted by Crippen LogP contribution is -2.28. The van der Waals surface area contributed by atoms with Crippen molar-refractivity contribution >= 4 is 35.1 Å². The number of benzene rings is 1. The van der Waals surface area contributed by atoms with Crippen LogP contribution in [0.1, 0.15) is 26.7 Å². The summed E-state index contributed by atoms with van der Waals surface area (Å²) < 4.78 is 4.76. The number of hydrogen-bond acceptors (Lipinski definition) is 4. The van der Waals surface area contributed by atoms with Gasteiger partial charge in [0.15, 0.2) is 0 Å². The Morgan fingerprint density at radius 1 is 1.26 bits per heavy atom. The minimum Gasteiger partial charge on any atom is -0.460 e. The Hall–Kier alpha value is -1.00. The number of rotatable bonds is 7. The van der Waals surface area contributed by atoms with E-state index in [-0.39, 0.29) is 6.61 Å². The second-order valence-electron chi connectivity index (χ2n) is 3.93. The fraction of sp³-hybridized carbons (Fsp3) is 0.429. The number of esters is 1. The van der Waals surface area contributed by atoms with Crippen molar-refractivity contribution in [3.63, 3.8) is 0 Å². The minimum atomic E-state index is -0.748. The van der Waals surface area contributed by atoms with E-state index in [0.717, 1.165) is 11.3 Å². The van der Waals surface area contributed by atoms with Gasteiger partial charge in [0.2, 0.25) is 0 Å². The van der Waals surface area contributed by atoms with E-state index in [4.69, 9.17) is 16.3 Å². The van der Waals surface area contributed by atoms with Crippen molar-refractivity contribution < 1.29 is 14.3 Å². The average Bonchev–Trinajstić information content (AvgIpc) is 2.40. The van der Waals surface area contributed by atoms with Gasteiger partial charge in [-0.15, -0.1) is 11.8 Å². The van der Waals surface area contributed by atoms with Gasteiger partial charge in [-0.05, 0) is 37.6 Å². The van der Waals surface area contributed by atoms with E-state index in [0.29, 0.717) is 11.4 Å². The number of hydrogen-bond donors (Lipinski definition) is 0. The molecule has 1 rings (SSSR count). The Morgan fingerprint density at radius 3 is 2.42 bits per heavy atom. The van der Waals surface area contributed by atoms with Crippen molar-refractivity contribution in [1.29, 1.82) is 0 Å². The lowest BCUT2D eigenvalue weighted by molar-refractivity contribution is -0.153. The van der Waals surface area contributed by atoms with E-state index >= 15 is 0 Å². The van der Waals surface area contributed by atoms with E-state index in [9.17, 15) is 9.59 Å². The maximum atomic E-state index is 12.0. The summed E-state index contributed by atoms with van der Waals surface area (Å²) in [5, 5.41) is 0.248. The van der Waals surface area contributed by atoms with Gasteiger partial charge in [0, 0.05) is 9.92 Å². The Bertz CT molecular complexity index is 431. The van der Waals surface area contributed by atoms with Crippen LogP contribution in [0.25, 0.3) is 0 Å². The molecule has 0 amide bonds. The van der Waals surface area contributed by atoms with Gasteiger partial charge in [0.05, 0.1) is 11.9 Å². The highest BCUT2D eigenvalue weighted by atomic mass is 35.5. The monoisotopic (exact) mass is 300 g/mol. The first kappa shape index (κ1) is 16.1. The highest BCUT2D eigenvalue weighted by Gasteiger charge is 2.26. The van der Waals surface area contributed by atoms with Crippen molar-refractivity contribution in [2.75, 3.05) is 6.61 Å². The normalized spacial score (nSPS) is 11.9. The van der Waals surface area contributed by atoms with Gasteiger partial charge in [-0.25, -0.2) is 4.79 Å². The zero-order chi connectivity index (χ0) is 14.3. The quantitative estimate of drug-likeness (QED) is 0.437. The summed E-state index contributed by atoms with van der Waals surface area (Å²) in [7, 11) is 0. The van der Waals surface area contributed by atoms with Crippen molar-refractivity contribution in [3.05, 3.63) is 29.3 Å². The Labute approximate surface area is 122 Å². The van der Waals surface area contributed by atoms with Crippen LogP contribution in [-0.2, 0) is 14.3 Å². The molecule has 0 N–H and O–H groups in total. The number of ether oxygens (including phenoxy) is 1. The zero-order valence-electron chi connectivity index (χ0n) is 11.0. The molecule has 1 aromatic carbocycles. The van der Waals surface area contributed by atoms with Gasteiger partial charge in [-0.2, -0.15) is 0 Å². The van der Waals surface area contributed by atoms with Crippen molar-refractivity contribution in [2.24, 2.45) is 0 Å². The Kier molecular flexibility index (Phi) is 6.95. The predicted molar refractivity (Wildman–Crippen MR) is 77.6 cm³/mol. The molecule has 1 atom stereocenters. The maximum Gasteiger partial charge on any atom is 0.375 e. The van der Waals surface area contributed by atoms with Gasteiger partial charge in [-0.3, -0.25) is 4.79 Å². The topological polar surface area (TPSA) is 43.4 Å². The van der Waals surface area contributed by atoms with Crippen LogP contribution in [-0.4, -0.2) is 23.6 Å². The van der Waals surface area contributed by atoms with Gasteiger partial charge in [-0.1, -0.05) is 24.9 Å². The summed E-state index contributed by atoms with van der Waals surface area (Å²) >= 11 is 7.19. The van der Waals surface area contributed by atoms with Gasteiger partial charge in [0.1, 0.15) is 0 Å². The molecule has 0 aliphatic carbocycles. The molecule has 0 bridgehead atoms. The second kappa shape index (κ2) is 8.23. The molecule has 0 radical (unpaired) electrons. The van der Waals surface area contributed by atoms with E-state index in [1.807, 2.05) is 19.1 Å². The second-order valence-corrected chi connectivity index (χ2v) is 5.65. The van der Waals surface area contributed by atoms with Crippen LogP contribution < -0.4 is 0 Å². The molecule has 5 heteroatoms.